The van der Waals surface area contributed by atoms with Gasteiger partial charge < -0.3 is 0 Å². The van der Waals surface area contributed by atoms with Crippen LogP contribution in [0.5, 0.6) is 0 Å². The van der Waals surface area contributed by atoms with Gasteiger partial charge in [0.2, 0.25) is 0 Å². The average molecular weight is 243 g/mol. The number of aryl methyl sites for hydroxylation is 2. The van der Waals surface area contributed by atoms with Crippen molar-refractivity contribution in [2.24, 2.45) is 0 Å². The summed E-state index contributed by atoms with van der Waals surface area (Å²) in [4.78, 5) is 4.40. The van der Waals surface area contributed by atoms with Crippen LogP contribution in [0.4, 0.5) is 0 Å². The van der Waals surface area contributed by atoms with Crippen molar-refractivity contribution in [2.45, 2.75) is 13.8 Å². The summed E-state index contributed by atoms with van der Waals surface area (Å²) in [6, 6.07) is 2.08. The Morgan fingerprint density at radius 1 is 1.42 bits per heavy atom. The summed E-state index contributed by atoms with van der Waals surface area (Å²) >= 11 is 4.86. The maximum atomic E-state index is 4.40. The standard InChI is InChI=1S/C8H7BrN2S/c1-4-3-5(2)10-6-7(4)12-11-8(6)9/h3H,1-2H3. The Morgan fingerprint density at radius 2 is 2.17 bits per heavy atom. The number of hydrogen-bond donors (Lipinski definition) is 0. The molecule has 12 heavy (non-hydrogen) atoms. The molecule has 2 aromatic rings. The van der Waals surface area contributed by atoms with E-state index in [9.17, 15) is 0 Å². The van der Waals surface area contributed by atoms with Crippen LogP contribution in [0.3, 0.4) is 0 Å². The average Bonchev–Trinajstić information content (AvgIpc) is 2.33. The van der Waals surface area contributed by atoms with E-state index >= 15 is 0 Å². The Hall–Kier alpha value is -0.480. The normalized spacial score (nSPS) is 10.9. The topological polar surface area (TPSA) is 25.8 Å². The SMILES string of the molecule is Cc1cc(C)c2snc(Br)c2n1. The minimum Gasteiger partial charge on any atom is -0.249 e. The Morgan fingerprint density at radius 3 is 2.92 bits per heavy atom. The highest BCUT2D eigenvalue weighted by Crippen LogP contribution is 2.27. The number of halogens is 1. The predicted molar refractivity (Wildman–Crippen MR) is 54.6 cm³/mol. The van der Waals surface area contributed by atoms with Gasteiger partial charge in [-0.05, 0) is 52.9 Å². The van der Waals surface area contributed by atoms with Gasteiger partial charge in [-0.3, -0.25) is 0 Å². The van der Waals surface area contributed by atoms with Gasteiger partial charge in [0, 0.05) is 5.69 Å². The van der Waals surface area contributed by atoms with Gasteiger partial charge in [-0.2, -0.15) is 4.37 Å². The lowest BCUT2D eigenvalue weighted by Gasteiger charge is -1.96. The number of pyridine rings is 1. The number of hydrogen-bond acceptors (Lipinski definition) is 3. The van der Waals surface area contributed by atoms with E-state index in [4.69, 9.17) is 0 Å². The highest BCUT2D eigenvalue weighted by Gasteiger charge is 2.07. The summed E-state index contributed by atoms with van der Waals surface area (Å²) in [5.41, 5.74) is 3.28. The number of rotatable bonds is 0. The van der Waals surface area contributed by atoms with Crippen molar-refractivity contribution >= 4 is 37.7 Å². The molecule has 2 rings (SSSR count). The van der Waals surface area contributed by atoms with Gasteiger partial charge in [-0.25, -0.2) is 4.98 Å². The molecule has 0 aliphatic carbocycles. The molecule has 0 aliphatic rings. The fourth-order valence-corrected chi connectivity index (χ4v) is 2.53. The highest BCUT2D eigenvalue weighted by atomic mass is 79.9. The van der Waals surface area contributed by atoms with E-state index in [-0.39, 0.29) is 0 Å². The Balaban J connectivity index is 2.92. The van der Waals surface area contributed by atoms with Crippen LogP contribution >= 0.6 is 27.5 Å². The van der Waals surface area contributed by atoms with Crippen molar-refractivity contribution < 1.29 is 0 Å². The van der Waals surface area contributed by atoms with Crippen molar-refractivity contribution in [3.8, 4) is 0 Å². The van der Waals surface area contributed by atoms with Crippen molar-refractivity contribution in [1.29, 1.82) is 0 Å². The molecule has 0 amide bonds. The summed E-state index contributed by atoms with van der Waals surface area (Å²) in [6.45, 7) is 4.08. The van der Waals surface area contributed by atoms with Gasteiger partial charge in [-0.15, -0.1) is 0 Å². The van der Waals surface area contributed by atoms with Gasteiger partial charge in [0.25, 0.3) is 0 Å². The highest BCUT2D eigenvalue weighted by molar-refractivity contribution is 9.10. The molecule has 0 atom stereocenters. The molecule has 0 bridgehead atoms. The van der Waals surface area contributed by atoms with Crippen molar-refractivity contribution in [2.75, 3.05) is 0 Å². The minimum absolute atomic E-state index is 0.856. The lowest BCUT2D eigenvalue weighted by molar-refractivity contribution is 1.23. The van der Waals surface area contributed by atoms with Gasteiger partial charge in [-0.1, -0.05) is 0 Å². The largest absolute Gasteiger partial charge is 0.249 e. The van der Waals surface area contributed by atoms with E-state index in [1.54, 1.807) is 0 Å². The molecule has 0 saturated heterocycles. The fourth-order valence-electron chi connectivity index (χ4n) is 1.21. The molecule has 62 valence electrons. The summed E-state index contributed by atoms with van der Waals surface area (Å²) in [6.07, 6.45) is 0. The predicted octanol–water partition coefficient (Wildman–Crippen LogP) is 3.07. The molecule has 2 aromatic heterocycles. The van der Waals surface area contributed by atoms with E-state index in [1.165, 1.54) is 21.8 Å². The molecule has 0 saturated carbocycles. The molecule has 0 spiro atoms. The Labute approximate surface area is 82.9 Å². The number of aromatic nitrogens is 2. The maximum absolute atomic E-state index is 4.40. The molecule has 2 heterocycles. The maximum Gasteiger partial charge on any atom is 0.146 e. The molecule has 0 radical (unpaired) electrons. The van der Waals surface area contributed by atoms with E-state index in [0.29, 0.717) is 0 Å². The van der Waals surface area contributed by atoms with Crippen LogP contribution in [-0.2, 0) is 0 Å². The first-order valence-corrected chi connectivity index (χ1v) is 5.14. The van der Waals surface area contributed by atoms with Crippen LogP contribution < -0.4 is 0 Å². The molecular weight excluding hydrogens is 236 g/mol. The molecule has 0 N–H and O–H groups in total. The zero-order valence-corrected chi connectivity index (χ0v) is 9.16. The third kappa shape index (κ3) is 1.15. The second kappa shape index (κ2) is 2.78. The van der Waals surface area contributed by atoms with Crippen LogP contribution in [0.1, 0.15) is 11.3 Å². The Bertz CT molecular complexity index is 436. The minimum atomic E-state index is 0.856. The quantitative estimate of drug-likeness (QED) is 0.710. The third-order valence-corrected chi connectivity index (χ3v) is 3.46. The van der Waals surface area contributed by atoms with Crippen molar-refractivity contribution in [3.05, 3.63) is 21.9 Å². The smallest absolute Gasteiger partial charge is 0.146 e. The van der Waals surface area contributed by atoms with Gasteiger partial charge in [0.05, 0.1) is 4.70 Å². The zero-order chi connectivity index (χ0) is 8.72. The van der Waals surface area contributed by atoms with Gasteiger partial charge in [0.1, 0.15) is 10.1 Å². The van der Waals surface area contributed by atoms with Crippen LogP contribution in [0.15, 0.2) is 10.7 Å². The lowest BCUT2D eigenvalue weighted by atomic mass is 10.2. The van der Waals surface area contributed by atoms with Crippen LogP contribution in [-0.4, -0.2) is 9.36 Å². The van der Waals surface area contributed by atoms with E-state index in [2.05, 4.69) is 38.3 Å². The van der Waals surface area contributed by atoms with Crippen LogP contribution in [0.25, 0.3) is 10.2 Å². The molecule has 0 aliphatic heterocycles. The first kappa shape index (κ1) is 8.13. The van der Waals surface area contributed by atoms with Crippen molar-refractivity contribution in [1.82, 2.24) is 9.36 Å². The summed E-state index contributed by atoms with van der Waals surface area (Å²) < 4.78 is 6.22. The molecular formula is C8H7BrN2S. The lowest BCUT2D eigenvalue weighted by Crippen LogP contribution is -1.83. The number of nitrogens with zero attached hydrogens (tertiary/aromatic N) is 2. The summed E-state index contributed by atoms with van der Waals surface area (Å²) in [7, 11) is 0. The second-order valence-corrected chi connectivity index (χ2v) is 4.26. The summed E-state index contributed by atoms with van der Waals surface area (Å²) in [5, 5.41) is 0. The van der Waals surface area contributed by atoms with E-state index in [1.807, 2.05) is 6.92 Å². The molecule has 4 heteroatoms. The van der Waals surface area contributed by atoms with Crippen LogP contribution in [0, 0.1) is 13.8 Å². The molecule has 2 nitrogen and oxygen atoms in total. The monoisotopic (exact) mass is 242 g/mol. The molecule has 0 aromatic carbocycles. The van der Waals surface area contributed by atoms with Crippen LogP contribution in [0.2, 0.25) is 0 Å². The Kier molecular flexibility index (Phi) is 1.88. The van der Waals surface area contributed by atoms with E-state index in [0.717, 1.165) is 15.8 Å². The zero-order valence-electron chi connectivity index (χ0n) is 6.76. The first-order valence-electron chi connectivity index (χ1n) is 3.57. The first-order chi connectivity index (χ1) is 5.68. The summed E-state index contributed by atoms with van der Waals surface area (Å²) in [5.74, 6) is 0. The van der Waals surface area contributed by atoms with Gasteiger partial charge in [0.15, 0.2) is 0 Å². The van der Waals surface area contributed by atoms with E-state index < -0.39 is 0 Å². The molecule has 0 unspecified atom stereocenters. The van der Waals surface area contributed by atoms with Gasteiger partial charge >= 0.3 is 0 Å². The third-order valence-electron chi connectivity index (χ3n) is 1.70. The molecule has 0 fully saturated rings. The fraction of sp³-hybridized carbons (Fsp3) is 0.250. The van der Waals surface area contributed by atoms with Crippen molar-refractivity contribution in [3.63, 3.8) is 0 Å². The second-order valence-electron chi connectivity index (χ2n) is 2.73. The number of fused-ring (bicyclic) bond motifs is 1.